The van der Waals surface area contributed by atoms with E-state index in [0.717, 1.165) is 25.9 Å². The van der Waals surface area contributed by atoms with E-state index in [1.807, 2.05) is 0 Å². The van der Waals surface area contributed by atoms with E-state index in [2.05, 4.69) is 9.62 Å². The molecule has 21 heavy (non-hydrogen) atoms. The number of sulfonamides is 1. The van der Waals surface area contributed by atoms with Crippen molar-refractivity contribution in [2.24, 2.45) is 0 Å². The largest absolute Gasteiger partial charge is 0.292 e. The van der Waals surface area contributed by atoms with E-state index < -0.39 is 22.0 Å². The zero-order valence-corrected chi connectivity index (χ0v) is 13.1. The lowest BCUT2D eigenvalue weighted by Gasteiger charge is -2.26. The first-order valence-corrected chi connectivity index (χ1v) is 8.85. The summed E-state index contributed by atoms with van der Waals surface area (Å²) in [5, 5.41) is 0. The maximum absolute atomic E-state index is 12.2. The van der Waals surface area contributed by atoms with Gasteiger partial charge < -0.3 is 0 Å². The van der Waals surface area contributed by atoms with Crippen LogP contribution in [0.2, 0.25) is 0 Å². The Bertz CT molecular complexity index is 564. The highest BCUT2D eigenvalue weighted by molar-refractivity contribution is 7.90. The van der Waals surface area contributed by atoms with Crippen molar-refractivity contribution in [1.29, 1.82) is 0 Å². The van der Waals surface area contributed by atoms with E-state index in [1.54, 1.807) is 25.1 Å². The number of nitrogens with zero attached hydrogens (tertiary/aromatic N) is 1. The second-order valence-corrected chi connectivity index (χ2v) is 7.09. The van der Waals surface area contributed by atoms with E-state index in [-0.39, 0.29) is 4.90 Å². The molecule has 1 saturated heterocycles. The van der Waals surface area contributed by atoms with Crippen molar-refractivity contribution in [3.8, 4) is 0 Å². The second kappa shape index (κ2) is 7.04. The fourth-order valence-corrected chi connectivity index (χ4v) is 3.59. The van der Waals surface area contributed by atoms with Crippen LogP contribution in [-0.4, -0.2) is 38.4 Å². The molecule has 116 valence electrons. The molecule has 1 aromatic carbocycles. The van der Waals surface area contributed by atoms with Crippen LogP contribution < -0.4 is 4.72 Å². The molecule has 0 radical (unpaired) electrons. The normalized spacial score (nSPS) is 18.7. The smallest absolute Gasteiger partial charge is 0.264 e. The van der Waals surface area contributed by atoms with Gasteiger partial charge in [-0.25, -0.2) is 13.1 Å². The molecule has 6 heteroatoms. The van der Waals surface area contributed by atoms with Gasteiger partial charge in [-0.3, -0.25) is 9.69 Å². The minimum absolute atomic E-state index is 0.112. The molecular weight excluding hydrogens is 288 g/mol. The van der Waals surface area contributed by atoms with Gasteiger partial charge >= 0.3 is 0 Å². The summed E-state index contributed by atoms with van der Waals surface area (Å²) in [6, 6.07) is 7.54. The number of nitrogens with one attached hydrogen (secondary N) is 1. The Morgan fingerprint density at radius 2 is 1.67 bits per heavy atom. The minimum Gasteiger partial charge on any atom is -0.292 e. The molecule has 0 bridgehead atoms. The molecule has 0 spiro atoms. The summed E-state index contributed by atoms with van der Waals surface area (Å²) < 4.78 is 26.5. The van der Waals surface area contributed by atoms with Gasteiger partial charge in [-0.05, 0) is 45.0 Å². The molecular formula is C15H22N2O3S. The number of hydrogen-bond donors (Lipinski definition) is 1. The van der Waals surface area contributed by atoms with E-state index in [4.69, 9.17) is 0 Å². The van der Waals surface area contributed by atoms with Crippen molar-refractivity contribution < 1.29 is 13.2 Å². The van der Waals surface area contributed by atoms with Gasteiger partial charge in [0.25, 0.3) is 15.9 Å². The fourth-order valence-electron chi connectivity index (χ4n) is 2.52. The molecule has 0 saturated carbocycles. The summed E-state index contributed by atoms with van der Waals surface area (Å²) in [7, 11) is -3.78. The minimum atomic E-state index is -3.78. The van der Waals surface area contributed by atoms with Crippen molar-refractivity contribution in [3.05, 3.63) is 30.3 Å². The molecule has 1 fully saturated rings. The van der Waals surface area contributed by atoms with Crippen LogP contribution in [0.4, 0.5) is 0 Å². The first kappa shape index (κ1) is 16.0. The van der Waals surface area contributed by atoms with Gasteiger partial charge in [-0.2, -0.15) is 0 Å². The molecule has 1 N–H and O–H groups in total. The molecule has 1 aliphatic rings. The zero-order valence-electron chi connectivity index (χ0n) is 12.3. The van der Waals surface area contributed by atoms with E-state index >= 15 is 0 Å². The third-order valence-corrected chi connectivity index (χ3v) is 5.22. The molecule has 0 aromatic heterocycles. The molecule has 1 atom stereocenters. The summed E-state index contributed by atoms with van der Waals surface area (Å²) in [5.41, 5.74) is 0. The zero-order chi connectivity index (χ0) is 15.3. The molecule has 1 unspecified atom stereocenters. The van der Waals surface area contributed by atoms with Gasteiger partial charge in [0.15, 0.2) is 0 Å². The average molecular weight is 310 g/mol. The average Bonchev–Trinajstić information content (AvgIpc) is 2.76. The Balaban J connectivity index is 2.03. The highest BCUT2D eigenvalue weighted by Gasteiger charge is 2.26. The number of carbonyl (C=O) groups excluding carboxylic acids is 1. The monoisotopic (exact) mass is 310 g/mol. The lowest BCUT2D eigenvalue weighted by molar-refractivity contribution is -0.124. The highest BCUT2D eigenvalue weighted by atomic mass is 32.2. The first-order valence-electron chi connectivity index (χ1n) is 7.36. The maximum Gasteiger partial charge on any atom is 0.264 e. The van der Waals surface area contributed by atoms with Crippen LogP contribution >= 0.6 is 0 Å². The first-order chi connectivity index (χ1) is 10.0. The Morgan fingerprint density at radius 3 is 2.24 bits per heavy atom. The molecule has 1 aromatic rings. The number of benzene rings is 1. The second-order valence-electron chi connectivity index (χ2n) is 5.41. The topological polar surface area (TPSA) is 66.5 Å². The summed E-state index contributed by atoms with van der Waals surface area (Å²) in [5.74, 6) is -0.458. The van der Waals surface area contributed by atoms with E-state index in [9.17, 15) is 13.2 Å². The third-order valence-electron chi connectivity index (χ3n) is 3.86. The number of rotatable bonds is 4. The fraction of sp³-hybridized carbons (Fsp3) is 0.533. The van der Waals surface area contributed by atoms with Crippen molar-refractivity contribution in [1.82, 2.24) is 9.62 Å². The van der Waals surface area contributed by atoms with Crippen LogP contribution in [0.3, 0.4) is 0 Å². The summed E-state index contributed by atoms with van der Waals surface area (Å²) in [6.45, 7) is 3.46. The van der Waals surface area contributed by atoms with Gasteiger partial charge in [0.1, 0.15) is 0 Å². The SMILES string of the molecule is CC(C(=O)NS(=O)(=O)c1ccccc1)N1CCCCCC1. The number of likely N-dealkylation sites (tertiary alicyclic amines) is 1. The Hall–Kier alpha value is -1.40. The highest BCUT2D eigenvalue weighted by Crippen LogP contribution is 2.13. The Labute approximate surface area is 126 Å². The van der Waals surface area contributed by atoms with Crippen molar-refractivity contribution in [3.63, 3.8) is 0 Å². The van der Waals surface area contributed by atoms with Crippen molar-refractivity contribution in [2.45, 2.75) is 43.5 Å². The summed E-state index contributed by atoms with van der Waals surface area (Å²) >= 11 is 0. The Kier molecular flexibility index (Phi) is 5.36. The van der Waals surface area contributed by atoms with Gasteiger partial charge in [-0.1, -0.05) is 31.0 Å². The number of carbonyl (C=O) groups is 1. The summed E-state index contributed by atoms with van der Waals surface area (Å²) in [4.78, 5) is 14.4. The van der Waals surface area contributed by atoms with E-state index in [1.165, 1.54) is 25.0 Å². The van der Waals surface area contributed by atoms with Crippen LogP contribution in [0.25, 0.3) is 0 Å². The molecule has 1 amide bonds. The summed E-state index contributed by atoms with van der Waals surface area (Å²) in [6.07, 6.45) is 4.46. The third kappa shape index (κ3) is 4.28. The maximum atomic E-state index is 12.2. The number of amides is 1. The molecule has 1 aliphatic heterocycles. The van der Waals surface area contributed by atoms with Crippen molar-refractivity contribution >= 4 is 15.9 Å². The van der Waals surface area contributed by atoms with Crippen LogP contribution in [0.5, 0.6) is 0 Å². The van der Waals surface area contributed by atoms with Crippen LogP contribution in [0, 0.1) is 0 Å². The molecule has 2 rings (SSSR count). The van der Waals surface area contributed by atoms with Gasteiger partial charge in [-0.15, -0.1) is 0 Å². The lowest BCUT2D eigenvalue weighted by Crippen LogP contribution is -2.47. The van der Waals surface area contributed by atoms with Crippen molar-refractivity contribution in [2.75, 3.05) is 13.1 Å². The van der Waals surface area contributed by atoms with Crippen LogP contribution in [0.15, 0.2) is 35.2 Å². The molecule has 0 aliphatic carbocycles. The lowest BCUT2D eigenvalue weighted by atomic mass is 10.2. The standard InChI is InChI=1S/C15H22N2O3S/c1-13(17-11-7-2-3-8-12-17)15(18)16-21(19,20)14-9-5-4-6-10-14/h4-6,9-10,13H,2-3,7-8,11-12H2,1H3,(H,16,18). The molecule has 5 nitrogen and oxygen atoms in total. The van der Waals surface area contributed by atoms with E-state index in [0.29, 0.717) is 0 Å². The molecule has 1 heterocycles. The van der Waals surface area contributed by atoms with Gasteiger partial charge in [0, 0.05) is 0 Å². The van der Waals surface area contributed by atoms with Crippen LogP contribution in [0.1, 0.15) is 32.6 Å². The quantitative estimate of drug-likeness (QED) is 0.920. The van der Waals surface area contributed by atoms with Crippen LogP contribution in [-0.2, 0) is 14.8 Å². The predicted molar refractivity (Wildman–Crippen MR) is 81.3 cm³/mol. The van der Waals surface area contributed by atoms with Gasteiger partial charge in [0.05, 0.1) is 10.9 Å². The number of hydrogen-bond acceptors (Lipinski definition) is 4. The Morgan fingerprint density at radius 1 is 1.10 bits per heavy atom. The van der Waals surface area contributed by atoms with Gasteiger partial charge in [0.2, 0.25) is 0 Å². The predicted octanol–water partition coefficient (Wildman–Crippen LogP) is 1.76.